The second-order valence-electron chi connectivity index (χ2n) is 7.76. The molecule has 0 saturated carbocycles. The highest BCUT2D eigenvalue weighted by Crippen LogP contribution is 2.23. The fourth-order valence-electron chi connectivity index (χ4n) is 3.23. The number of aromatic nitrogens is 2. The number of rotatable bonds is 7. The van der Waals surface area contributed by atoms with Crippen LogP contribution >= 0.6 is 0 Å². The molecule has 0 bridgehead atoms. The highest BCUT2D eigenvalue weighted by Gasteiger charge is 2.23. The van der Waals surface area contributed by atoms with Gasteiger partial charge in [-0.2, -0.15) is 5.10 Å². The van der Waals surface area contributed by atoms with Gasteiger partial charge in [0.1, 0.15) is 18.0 Å². The number of nitrogens with two attached hydrogens (primary N) is 1. The molecule has 0 radical (unpaired) electrons. The van der Waals surface area contributed by atoms with Crippen LogP contribution in [0.25, 0.3) is 0 Å². The van der Waals surface area contributed by atoms with Gasteiger partial charge in [-0.25, -0.2) is 18.8 Å². The number of hydrogen-bond donors (Lipinski definition) is 1. The van der Waals surface area contributed by atoms with E-state index >= 15 is 0 Å². The Labute approximate surface area is 185 Å². The Morgan fingerprint density at radius 3 is 2.66 bits per heavy atom. The molecule has 1 amide bonds. The molecule has 1 aliphatic rings. The molecule has 0 atom stereocenters. The van der Waals surface area contributed by atoms with E-state index in [-0.39, 0.29) is 24.1 Å². The first-order valence-corrected chi connectivity index (χ1v) is 10.2. The molecule has 0 aliphatic carbocycles. The molecule has 3 rings (SSSR count). The Morgan fingerprint density at radius 2 is 2.03 bits per heavy atom. The first-order chi connectivity index (χ1) is 15.3. The van der Waals surface area contributed by atoms with Crippen LogP contribution < -0.4 is 10.6 Å². The Hall–Kier alpha value is -3.43. The van der Waals surface area contributed by atoms with Crippen LogP contribution in [0.3, 0.4) is 0 Å². The number of alkyl halides is 2. The molecule has 8 nitrogen and oxygen atoms in total. The van der Waals surface area contributed by atoms with E-state index in [1.165, 1.54) is 18.3 Å². The number of carbonyl (C=O) groups is 1. The molecule has 10 heteroatoms. The molecule has 32 heavy (non-hydrogen) atoms. The van der Waals surface area contributed by atoms with E-state index in [1.807, 2.05) is 24.8 Å². The number of carbonyl (C=O) groups excluding carboxylic acids is 1. The second-order valence-corrected chi connectivity index (χ2v) is 7.76. The number of hydrazone groups is 1. The molecule has 2 N–H and O–H groups in total. The number of ether oxygens (including phenoxy) is 1. The minimum Gasteiger partial charge on any atom is -0.471 e. The van der Waals surface area contributed by atoms with Gasteiger partial charge in [0.25, 0.3) is 6.43 Å². The molecule has 0 fully saturated rings. The van der Waals surface area contributed by atoms with Crippen molar-refractivity contribution in [3.8, 4) is 5.88 Å². The SMILES string of the molecule is CC(=NN)C(COc1cc2c(cn1)CN(C(=O)C(C)C)CC2)=Nc1ccc(C(F)F)nc1. The fourth-order valence-corrected chi connectivity index (χ4v) is 3.23. The minimum atomic E-state index is -2.64. The molecular weight excluding hydrogens is 418 g/mol. The third kappa shape index (κ3) is 5.63. The predicted octanol–water partition coefficient (Wildman–Crippen LogP) is 3.44. The van der Waals surface area contributed by atoms with Crippen molar-refractivity contribution in [2.24, 2.45) is 21.9 Å². The number of aliphatic imine (C=N–C) groups is 1. The quantitative estimate of drug-likeness (QED) is 0.400. The summed E-state index contributed by atoms with van der Waals surface area (Å²) in [5.41, 5.74) is 2.99. The summed E-state index contributed by atoms with van der Waals surface area (Å²) >= 11 is 0. The largest absolute Gasteiger partial charge is 0.471 e. The van der Waals surface area contributed by atoms with Gasteiger partial charge in [-0.15, -0.1) is 0 Å². The molecule has 1 aliphatic heterocycles. The lowest BCUT2D eigenvalue weighted by molar-refractivity contribution is -0.135. The smallest absolute Gasteiger partial charge is 0.280 e. The summed E-state index contributed by atoms with van der Waals surface area (Å²) in [4.78, 5) is 26.5. The molecule has 0 spiro atoms. The molecule has 2 aromatic rings. The Morgan fingerprint density at radius 1 is 1.25 bits per heavy atom. The van der Waals surface area contributed by atoms with Gasteiger partial charge >= 0.3 is 0 Å². The molecule has 2 aromatic heterocycles. The van der Waals surface area contributed by atoms with E-state index in [4.69, 9.17) is 10.6 Å². The van der Waals surface area contributed by atoms with Crippen LogP contribution in [0.15, 0.2) is 40.7 Å². The van der Waals surface area contributed by atoms with Gasteiger partial charge in [0.2, 0.25) is 11.8 Å². The Balaban J connectivity index is 1.71. The Bertz CT molecular complexity index is 1020. The molecular formula is C22H26F2N6O2. The summed E-state index contributed by atoms with van der Waals surface area (Å²) < 4.78 is 31.2. The molecule has 3 heterocycles. The summed E-state index contributed by atoms with van der Waals surface area (Å²) in [5.74, 6) is 5.90. The van der Waals surface area contributed by atoms with Crippen molar-refractivity contribution in [1.82, 2.24) is 14.9 Å². The molecule has 170 valence electrons. The highest BCUT2D eigenvalue weighted by atomic mass is 19.3. The van der Waals surface area contributed by atoms with Gasteiger partial charge in [0.05, 0.1) is 17.6 Å². The minimum absolute atomic E-state index is 0.0346. The molecule has 0 saturated heterocycles. The first-order valence-electron chi connectivity index (χ1n) is 10.2. The van der Waals surface area contributed by atoms with Gasteiger partial charge in [-0.3, -0.25) is 9.78 Å². The van der Waals surface area contributed by atoms with Gasteiger partial charge < -0.3 is 15.5 Å². The highest BCUT2D eigenvalue weighted by molar-refractivity contribution is 6.42. The van der Waals surface area contributed by atoms with Crippen LogP contribution in [0.5, 0.6) is 5.88 Å². The van der Waals surface area contributed by atoms with Crippen LogP contribution in [0.1, 0.15) is 44.0 Å². The fraction of sp³-hybridized carbons (Fsp3) is 0.409. The normalized spacial score (nSPS) is 14.7. The van der Waals surface area contributed by atoms with Crippen molar-refractivity contribution < 1.29 is 18.3 Å². The third-order valence-corrected chi connectivity index (χ3v) is 5.10. The lowest BCUT2D eigenvalue weighted by Gasteiger charge is -2.30. The van der Waals surface area contributed by atoms with Gasteiger partial charge in [-0.1, -0.05) is 13.8 Å². The van der Waals surface area contributed by atoms with Crippen LogP contribution in [0, 0.1) is 5.92 Å². The van der Waals surface area contributed by atoms with Crippen molar-refractivity contribution in [2.45, 2.75) is 40.2 Å². The summed E-state index contributed by atoms with van der Waals surface area (Å²) in [6.07, 6.45) is 1.05. The van der Waals surface area contributed by atoms with Crippen molar-refractivity contribution in [3.63, 3.8) is 0 Å². The maximum absolute atomic E-state index is 12.7. The van der Waals surface area contributed by atoms with Crippen molar-refractivity contribution in [2.75, 3.05) is 13.2 Å². The number of nitrogens with zero attached hydrogens (tertiary/aromatic N) is 5. The van der Waals surface area contributed by atoms with Gasteiger partial charge in [-0.05, 0) is 36.6 Å². The maximum atomic E-state index is 12.7. The molecule has 0 aromatic carbocycles. The van der Waals surface area contributed by atoms with E-state index < -0.39 is 6.43 Å². The Kier molecular flexibility index (Phi) is 7.45. The summed E-state index contributed by atoms with van der Waals surface area (Å²) in [5, 5.41) is 3.66. The van der Waals surface area contributed by atoms with Crippen molar-refractivity contribution in [1.29, 1.82) is 0 Å². The predicted molar refractivity (Wildman–Crippen MR) is 117 cm³/mol. The zero-order valence-corrected chi connectivity index (χ0v) is 18.3. The van der Waals surface area contributed by atoms with Crippen LogP contribution in [0.4, 0.5) is 14.5 Å². The third-order valence-electron chi connectivity index (χ3n) is 5.10. The summed E-state index contributed by atoms with van der Waals surface area (Å²) in [7, 11) is 0. The van der Waals surface area contributed by atoms with Crippen molar-refractivity contribution in [3.05, 3.63) is 47.4 Å². The van der Waals surface area contributed by atoms with Gasteiger partial charge in [0.15, 0.2) is 0 Å². The van der Waals surface area contributed by atoms with Gasteiger partial charge in [0, 0.05) is 31.3 Å². The van der Waals surface area contributed by atoms with Crippen LogP contribution in [-0.4, -0.2) is 45.4 Å². The van der Waals surface area contributed by atoms with E-state index in [0.29, 0.717) is 36.1 Å². The van der Waals surface area contributed by atoms with E-state index in [2.05, 4.69) is 20.1 Å². The van der Waals surface area contributed by atoms with Crippen molar-refractivity contribution >= 4 is 23.0 Å². The van der Waals surface area contributed by atoms with E-state index in [0.717, 1.165) is 17.5 Å². The summed E-state index contributed by atoms with van der Waals surface area (Å²) in [6, 6.07) is 4.52. The summed E-state index contributed by atoms with van der Waals surface area (Å²) in [6.45, 7) is 6.67. The number of halogens is 2. The van der Waals surface area contributed by atoms with Crippen LogP contribution in [0.2, 0.25) is 0 Å². The standard InChI is InChI=1S/C22H26F2N6O2/c1-13(2)22(31)30-7-6-15-8-20(27-9-16(15)11-30)32-12-19(14(3)29-25)28-17-4-5-18(21(23)24)26-10-17/h4-5,8-10,13,21H,6-7,11-12,25H2,1-3H3. The second kappa shape index (κ2) is 10.3. The lowest BCUT2D eigenvalue weighted by atomic mass is 10.0. The molecule has 0 unspecified atom stereocenters. The topological polar surface area (TPSA) is 106 Å². The number of fused-ring (bicyclic) bond motifs is 1. The zero-order chi connectivity index (χ0) is 23.3. The zero-order valence-electron chi connectivity index (χ0n) is 18.3. The van der Waals surface area contributed by atoms with E-state index in [1.54, 1.807) is 13.1 Å². The lowest BCUT2D eigenvalue weighted by Crippen LogP contribution is -2.38. The maximum Gasteiger partial charge on any atom is 0.280 e. The monoisotopic (exact) mass is 444 g/mol. The first kappa shape index (κ1) is 23.2. The van der Waals surface area contributed by atoms with Crippen LogP contribution in [-0.2, 0) is 17.8 Å². The number of pyridine rings is 2. The number of hydrogen-bond acceptors (Lipinski definition) is 7. The average Bonchev–Trinajstić information content (AvgIpc) is 2.80. The number of amides is 1. The van der Waals surface area contributed by atoms with E-state index in [9.17, 15) is 13.6 Å². The average molecular weight is 444 g/mol.